The Labute approximate surface area is 120 Å². The lowest BCUT2D eigenvalue weighted by atomic mass is 9.83. The van der Waals surface area contributed by atoms with Crippen LogP contribution in [0.5, 0.6) is 0 Å². The van der Waals surface area contributed by atoms with Crippen LogP contribution in [0.2, 0.25) is 0 Å². The molecule has 0 saturated carbocycles. The number of halogens is 1. The Balaban J connectivity index is 2.62. The molecule has 0 aliphatic rings. The van der Waals surface area contributed by atoms with Crippen LogP contribution in [0.1, 0.15) is 36.7 Å². The minimum absolute atomic E-state index is 0.0525. The van der Waals surface area contributed by atoms with Crippen LogP contribution in [-0.2, 0) is 10.2 Å². The Hall–Kier alpha value is -1.06. The summed E-state index contributed by atoms with van der Waals surface area (Å²) in [5, 5.41) is 2.86. The molecular formula is C15H22ClNO2. The third kappa shape index (κ3) is 5.21. The standard InChI is InChI=1S/C15H22ClNO2/c1-15(2,3)13-7-5-4-6-12(13)14(18)17-9-11-19-10-8-16/h4-7H,8-11H2,1-3H3,(H,17,18). The molecule has 1 rings (SSSR count). The van der Waals surface area contributed by atoms with Crippen LogP contribution in [0.4, 0.5) is 0 Å². The molecule has 106 valence electrons. The van der Waals surface area contributed by atoms with Crippen molar-refractivity contribution in [2.24, 2.45) is 0 Å². The molecule has 1 N–H and O–H groups in total. The first-order valence-electron chi connectivity index (χ1n) is 6.48. The average Bonchev–Trinajstić information content (AvgIpc) is 2.37. The van der Waals surface area contributed by atoms with Gasteiger partial charge >= 0.3 is 0 Å². The molecule has 0 spiro atoms. The summed E-state index contributed by atoms with van der Waals surface area (Å²) in [6, 6.07) is 7.70. The molecular weight excluding hydrogens is 262 g/mol. The zero-order chi connectivity index (χ0) is 14.3. The third-order valence-electron chi connectivity index (χ3n) is 2.73. The molecule has 1 aromatic carbocycles. The number of benzene rings is 1. The van der Waals surface area contributed by atoms with E-state index in [1.165, 1.54) is 0 Å². The molecule has 0 aliphatic carbocycles. The predicted molar refractivity (Wildman–Crippen MR) is 79.0 cm³/mol. The van der Waals surface area contributed by atoms with E-state index in [1.807, 2.05) is 24.3 Å². The van der Waals surface area contributed by atoms with E-state index in [1.54, 1.807) is 0 Å². The maximum atomic E-state index is 12.2. The number of ether oxygens (including phenoxy) is 1. The fourth-order valence-corrected chi connectivity index (χ4v) is 1.93. The molecule has 0 radical (unpaired) electrons. The van der Waals surface area contributed by atoms with E-state index in [0.717, 1.165) is 11.1 Å². The van der Waals surface area contributed by atoms with Gasteiger partial charge in [-0.2, -0.15) is 0 Å². The lowest BCUT2D eigenvalue weighted by molar-refractivity contribution is 0.0921. The van der Waals surface area contributed by atoms with Gasteiger partial charge in [-0.25, -0.2) is 0 Å². The van der Waals surface area contributed by atoms with E-state index in [-0.39, 0.29) is 11.3 Å². The summed E-state index contributed by atoms with van der Waals surface area (Å²) in [5.74, 6) is 0.417. The second-order valence-electron chi connectivity index (χ2n) is 5.35. The van der Waals surface area contributed by atoms with E-state index >= 15 is 0 Å². The topological polar surface area (TPSA) is 38.3 Å². The van der Waals surface area contributed by atoms with E-state index in [9.17, 15) is 4.79 Å². The van der Waals surface area contributed by atoms with Gasteiger partial charge in [0.05, 0.1) is 13.2 Å². The Morgan fingerprint density at radius 1 is 1.26 bits per heavy atom. The number of alkyl halides is 1. The highest BCUT2D eigenvalue weighted by molar-refractivity contribution is 6.17. The van der Waals surface area contributed by atoms with Crippen molar-refractivity contribution in [2.75, 3.05) is 25.6 Å². The molecule has 0 aromatic heterocycles. The van der Waals surface area contributed by atoms with Crippen LogP contribution in [0.3, 0.4) is 0 Å². The highest BCUT2D eigenvalue weighted by Gasteiger charge is 2.20. The Morgan fingerprint density at radius 2 is 1.95 bits per heavy atom. The fraction of sp³-hybridized carbons (Fsp3) is 0.533. The average molecular weight is 284 g/mol. The highest BCUT2D eigenvalue weighted by atomic mass is 35.5. The van der Waals surface area contributed by atoms with Gasteiger partial charge in [0.25, 0.3) is 5.91 Å². The molecule has 0 aliphatic heterocycles. The lowest BCUT2D eigenvalue weighted by Crippen LogP contribution is -2.30. The highest BCUT2D eigenvalue weighted by Crippen LogP contribution is 2.25. The number of nitrogens with one attached hydrogen (secondary N) is 1. The zero-order valence-electron chi connectivity index (χ0n) is 11.8. The Bertz CT molecular complexity index is 413. The first-order valence-corrected chi connectivity index (χ1v) is 7.01. The van der Waals surface area contributed by atoms with Gasteiger partial charge in [-0.15, -0.1) is 11.6 Å². The quantitative estimate of drug-likeness (QED) is 0.644. The summed E-state index contributed by atoms with van der Waals surface area (Å²) in [6.45, 7) is 7.79. The molecule has 0 saturated heterocycles. The number of carbonyl (C=O) groups excluding carboxylic acids is 1. The number of hydrogen-bond acceptors (Lipinski definition) is 2. The van der Waals surface area contributed by atoms with Crippen molar-refractivity contribution >= 4 is 17.5 Å². The minimum atomic E-state index is -0.0556. The molecule has 0 bridgehead atoms. The lowest BCUT2D eigenvalue weighted by Gasteiger charge is -2.22. The van der Waals surface area contributed by atoms with Crippen molar-refractivity contribution in [3.8, 4) is 0 Å². The maximum absolute atomic E-state index is 12.2. The molecule has 4 heteroatoms. The van der Waals surface area contributed by atoms with Crippen molar-refractivity contribution in [1.82, 2.24) is 5.32 Å². The molecule has 1 amide bonds. The number of carbonyl (C=O) groups is 1. The summed E-state index contributed by atoms with van der Waals surface area (Å²) in [7, 11) is 0. The van der Waals surface area contributed by atoms with Crippen molar-refractivity contribution < 1.29 is 9.53 Å². The van der Waals surface area contributed by atoms with Gasteiger partial charge in [-0.05, 0) is 17.0 Å². The zero-order valence-corrected chi connectivity index (χ0v) is 12.6. The number of hydrogen-bond donors (Lipinski definition) is 1. The Morgan fingerprint density at radius 3 is 2.58 bits per heavy atom. The van der Waals surface area contributed by atoms with E-state index in [2.05, 4.69) is 26.1 Å². The summed E-state index contributed by atoms with van der Waals surface area (Å²) in [4.78, 5) is 12.2. The van der Waals surface area contributed by atoms with E-state index in [0.29, 0.717) is 25.6 Å². The van der Waals surface area contributed by atoms with Gasteiger partial charge in [0, 0.05) is 18.0 Å². The first-order chi connectivity index (χ1) is 8.96. The summed E-state index contributed by atoms with van der Waals surface area (Å²) >= 11 is 5.50. The second-order valence-corrected chi connectivity index (χ2v) is 5.73. The van der Waals surface area contributed by atoms with Crippen molar-refractivity contribution in [3.63, 3.8) is 0 Å². The van der Waals surface area contributed by atoms with Gasteiger partial charge in [-0.3, -0.25) is 4.79 Å². The summed E-state index contributed by atoms with van der Waals surface area (Å²) in [6.07, 6.45) is 0. The monoisotopic (exact) mass is 283 g/mol. The maximum Gasteiger partial charge on any atom is 0.251 e. The molecule has 1 aromatic rings. The number of rotatable bonds is 6. The van der Waals surface area contributed by atoms with Crippen molar-refractivity contribution in [2.45, 2.75) is 26.2 Å². The first kappa shape index (κ1) is 16.0. The molecule has 0 atom stereocenters. The van der Waals surface area contributed by atoms with Gasteiger partial charge in [0.1, 0.15) is 0 Å². The van der Waals surface area contributed by atoms with Crippen molar-refractivity contribution in [1.29, 1.82) is 0 Å². The molecule has 0 unspecified atom stereocenters. The summed E-state index contributed by atoms with van der Waals surface area (Å²) in [5.41, 5.74) is 1.73. The second kappa shape index (κ2) is 7.51. The van der Waals surface area contributed by atoms with Crippen molar-refractivity contribution in [3.05, 3.63) is 35.4 Å². The molecule has 19 heavy (non-hydrogen) atoms. The summed E-state index contributed by atoms with van der Waals surface area (Å²) < 4.78 is 5.22. The van der Waals surface area contributed by atoms with Crippen LogP contribution >= 0.6 is 11.6 Å². The van der Waals surface area contributed by atoms with E-state index in [4.69, 9.17) is 16.3 Å². The van der Waals surface area contributed by atoms with Crippen LogP contribution in [0, 0.1) is 0 Å². The van der Waals surface area contributed by atoms with E-state index < -0.39 is 0 Å². The molecule has 0 heterocycles. The van der Waals surface area contributed by atoms with Crippen LogP contribution in [0.15, 0.2) is 24.3 Å². The van der Waals surface area contributed by atoms with Crippen LogP contribution in [0.25, 0.3) is 0 Å². The smallest absolute Gasteiger partial charge is 0.251 e. The van der Waals surface area contributed by atoms with Gasteiger partial charge in [-0.1, -0.05) is 39.0 Å². The normalized spacial score (nSPS) is 11.4. The fourth-order valence-electron chi connectivity index (χ4n) is 1.82. The largest absolute Gasteiger partial charge is 0.378 e. The van der Waals surface area contributed by atoms with Gasteiger partial charge in [0.2, 0.25) is 0 Å². The van der Waals surface area contributed by atoms with Crippen LogP contribution < -0.4 is 5.32 Å². The Kier molecular flexibility index (Phi) is 6.32. The van der Waals surface area contributed by atoms with Gasteiger partial charge < -0.3 is 10.1 Å². The SMILES string of the molecule is CC(C)(C)c1ccccc1C(=O)NCCOCCCl. The molecule has 0 fully saturated rings. The number of amides is 1. The predicted octanol–water partition coefficient (Wildman–Crippen LogP) is 2.97. The third-order valence-corrected chi connectivity index (χ3v) is 2.89. The van der Waals surface area contributed by atoms with Gasteiger partial charge in [0.15, 0.2) is 0 Å². The van der Waals surface area contributed by atoms with Crippen LogP contribution in [-0.4, -0.2) is 31.5 Å². The molecule has 3 nitrogen and oxygen atoms in total. The minimum Gasteiger partial charge on any atom is -0.378 e.